The molecule has 2 aromatic carbocycles. The number of hydrogen-bond acceptors (Lipinski definition) is 4. The summed E-state index contributed by atoms with van der Waals surface area (Å²) in [5.74, 6) is -0.107. The first-order chi connectivity index (χ1) is 16.5. The van der Waals surface area contributed by atoms with Crippen molar-refractivity contribution in [3.63, 3.8) is 0 Å². The molecule has 0 spiro atoms. The summed E-state index contributed by atoms with van der Waals surface area (Å²) >= 11 is 6.13. The minimum atomic E-state index is -0.0643. The molecule has 34 heavy (non-hydrogen) atoms. The second kappa shape index (κ2) is 9.68. The van der Waals surface area contributed by atoms with Crippen molar-refractivity contribution in [2.45, 2.75) is 12.8 Å². The van der Waals surface area contributed by atoms with Gasteiger partial charge in [-0.1, -0.05) is 17.7 Å². The number of aromatic nitrogens is 1. The Kier molecular flexibility index (Phi) is 6.48. The number of nitrogens with one attached hydrogen (secondary N) is 2. The maximum Gasteiger partial charge on any atom is 0.268 e. The van der Waals surface area contributed by atoms with E-state index < -0.39 is 0 Å². The number of benzene rings is 2. The van der Waals surface area contributed by atoms with Crippen LogP contribution in [0.15, 0.2) is 42.5 Å². The fourth-order valence-electron chi connectivity index (χ4n) is 5.10. The molecule has 0 atom stereocenters. The molecule has 2 aliphatic rings. The summed E-state index contributed by atoms with van der Waals surface area (Å²) in [4.78, 5) is 29.9. The van der Waals surface area contributed by atoms with Crippen molar-refractivity contribution in [1.82, 2.24) is 20.1 Å². The molecule has 5 rings (SSSR count). The van der Waals surface area contributed by atoms with Gasteiger partial charge in [-0.05, 0) is 61.3 Å². The molecule has 0 radical (unpaired) electrons. The number of anilines is 1. The van der Waals surface area contributed by atoms with E-state index in [9.17, 15) is 9.59 Å². The number of rotatable bonds is 6. The number of halogens is 1. The van der Waals surface area contributed by atoms with Gasteiger partial charge < -0.3 is 20.1 Å². The summed E-state index contributed by atoms with van der Waals surface area (Å²) in [6, 6.07) is 13.7. The van der Waals surface area contributed by atoms with Gasteiger partial charge in [-0.2, -0.15) is 0 Å². The first-order valence-electron chi connectivity index (χ1n) is 11.9. The van der Waals surface area contributed by atoms with Crippen LogP contribution in [0.5, 0.6) is 0 Å². The molecular formula is C26H30ClN5O2. The van der Waals surface area contributed by atoms with Crippen LogP contribution in [0.25, 0.3) is 10.9 Å². The Morgan fingerprint density at radius 2 is 1.94 bits per heavy atom. The van der Waals surface area contributed by atoms with E-state index in [1.54, 1.807) is 0 Å². The number of nitrogens with zero attached hydrogens (tertiary/aromatic N) is 3. The predicted molar refractivity (Wildman–Crippen MR) is 136 cm³/mol. The molecule has 1 fully saturated rings. The van der Waals surface area contributed by atoms with Crippen LogP contribution < -0.4 is 15.5 Å². The SMILES string of the molecule is Cn1c2c(c3cc(C(=O)NCCCN4CCN(c5cccc(Cl)c5)CC4)ccc31)CCNC2=O. The number of carbonyl (C=O) groups is 2. The fourth-order valence-corrected chi connectivity index (χ4v) is 5.28. The van der Waals surface area contributed by atoms with E-state index in [2.05, 4.69) is 26.5 Å². The molecule has 2 N–H and O–H groups in total. The molecule has 0 bridgehead atoms. The monoisotopic (exact) mass is 479 g/mol. The van der Waals surface area contributed by atoms with Gasteiger partial charge in [0.25, 0.3) is 11.8 Å². The van der Waals surface area contributed by atoms with E-state index >= 15 is 0 Å². The van der Waals surface area contributed by atoms with Gasteiger partial charge >= 0.3 is 0 Å². The van der Waals surface area contributed by atoms with Crippen LogP contribution >= 0.6 is 11.6 Å². The highest BCUT2D eigenvalue weighted by Crippen LogP contribution is 2.28. The van der Waals surface area contributed by atoms with Crippen LogP contribution in [0.2, 0.25) is 5.02 Å². The fraction of sp³-hybridized carbons (Fsp3) is 0.385. The first-order valence-corrected chi connectivity index (χ1v) is 12.3. The van der Waals surface area contributed by atoms with E-state index in [1.165, 1.54) is 5.69 Å². The lowest BCUT2D eigenvalue weighted by atomic mass is 10.0. The van der Waals surface area contributed by atoms with Crippen molar-refractivity contribution in [2.24, 2.45) is 7.05 Å². The molecule has 7 nitrogen and oxygen atoms in total. The van der Waals surface area contributed by atoms with Crippen molar-refractivity contribution in [3.05, 3.63) is 64.3 Å². The Morgan fingerprint density at radius 3 is 2.74 bits per heavy atom. The van der Waals surface area contributed by atoms with E-state index in [0.717, 1.165) is 67.1 Å². The Bertz CT molecular complexity index is 1230. The summed E-state index contributed by atoms with van der Waals surface area (Å²) in [5, 5.41) is 7.73. The van der Waals surface area contributed by atoms with Crippen molar-refractivity contribution in [1.29, 1.82) is 0 Å². The van der Waals surface area contributed by atoms with Gasteiger partial charge in [-0.3, -0.25) is 14.5 Å². The van der Waals surface area contributed by atoms with Gasteiger partial charge in [0, 0.05) is 73.5 Å². The summed E-state index contributed by atoms with van der Waals surface area (Å²) < 4.78 is 1.92. The van der Waals surface area contributed by atoms with Crippen molar-refractivity contribution < 1.29 is 9.59 Å². The molecule has 0 aliphatic carbocycles. The van der Waals surface area contributed by atoms with Crippen molar-refractivity contribution in [3.8, 4) is 0 Å². The lowest BCUT2D eigenvalue weighted by molar-refractivity contribution is 0.0934. The Balaban J connectivity index is 1.12. The third kappa shape index (κ3) is 4.50. The zero-order valence-corrected chi connectivity index (χ0v) is 20.2. The van der Waals surface area contributed by atoms with Crippen LogP contribution in [0.3, 0.4) is 0 Å². The summed E-state index contributed by atoms with van der Waals surface area (Å²) in [5.41, 5.74) is 4.54. The Morgan fingerprint density at radius 1 is 1.12 bits per heavy atom. The largest absolute Gasteiger partial charge is 0.369 e. The summed E-state index contributed by atoms with van der Waals surface area (Å²) in [6.45, 7) is 6.20. The zero-order valence-electron chi connectivity index (χ0n) is 19.4. The van der Waals surface area contributed by atoms with E-state index in [4.69, 9.17) is 11.6 Å². The third-order valence-corrected chi connectivity index (χ3v) is 7.16. The number of amides is 2. The third-order valence-electron chi connectivity index (χ3n) is 6.92. The second-order valence-corrected chi connectivity index (χ2v) is 9.48. The first kappa shape index (κ1) is 22.7. The number of carbonyl (C=O) groups excluding carboxylic acids is 2. The van der Waals surface area contributed by atoms with Crippen LogP contribution in [-0.2, 0) is 13.5 Å². The van der Waals surface area contributed by atoms with Crippen molar-refractivity contribution in [2.75, 3.05) is 50.7 Å². The molecule has 1 saturated heterocycles. The highest BCUT2D eigenvalue weighted by atomic mass is 35.5. The molecule has 3 aromatic rings. The van der Waals surface area contributed by atoms with Gasteiger partial charge in [-0.15, -0.1) is 0 Å². The minimum absolute atomic E-state index is 0.0423. The molecule has 2 amide bonds. The molecule has 2 aliphatic heterocycles. The highest BCUT2D eigenvalue weighted by molar-refractivity contribution is 6.30. The lowest BCUT2D eigenvalue weighted by Gasteiger charge is -2.36. The average molecular weight is 480 g/mol. The van der Waals surface area contributed by atoms with Crippen LogP contribution in [0, 0.1) is 0 Å². The van der Waals surface area contributed by atoms with Crippen molar-refractivity contribution >= 4 is 40.0 Å². The van der Waals surface area contributed by atoms with Gasteiger partial charge in [0.05, 0.1) is 0 Å². The molecular weight excluding hydrogens is 450 g/mol. The molecule has 0 saturated carbocycles. The van der Waals surface area contributed by atoms with E-state index in [-0.39, 0.29) is 11.8 Å². The van der Waals surface area contributed by atoms with E-state index in [1.807, 2.05) is 48.0 Å². The highest BCUT2D eigenvalue weighted by Gasteiger charge is 2.25. The molecule has 3 heterocycles. The quantitative estimate of drug-likeness (QED) is 0.533. The number of hydrogen-bond donors (Lipinski definition) is 2. The van der Waals surface area contributed by atoms with Crippen LogP contribution in [0.1, 0.15) is 32.8 Å². The zero-order chi connectivity index (χ0) is 23.7. The maximum atomic E-state index is 12.8. The molecule has 8 heteroatoms. The summed E-state index contributed by atoms with van der Waals surface area (Å²) in [7, 11) is 1.90. The number of fused-ring (bicyclic) bond motifs is 3. The topological polar surface area (TPSA) is 69.6 Å². The predicted octanol–water partition coefficient (Wildman–Crippen LogP) is 3.06. The maximum absolute atomic E-state index is 12.8. The van der Waals surface area contributed by atoms with Gasteiger partial charge in [0.2, 0.25) is 0 Å². The second-order valence-electron chi connectivity index (χ2n) is 9.04. The normalized spacial score (nSPS) is 16.4. The molecule has 0 unspecified atom stereocenters. The van der Waals surface area contributed by atoms with Gasteiger partial charge in [0.15, 0.2) is 0 Å². The van der Waals surface area contributed by atoms with E-state index in [0.29, 0.717) is 24.3 Å². The lowest BCUT2D eigenvalue weighted by Crippen LogP contribution is -2.47. The Labute approximate surface area is 204 Å². The minimum Gasteiger partial charge on any atom is -0.369 e. The Hall–Kier alpha value is -3.03. The number of piperazine rings is 1. The van der Waals surface area contributed by atoms with Gasteiger partial charge in [0.1, 0.15) is 5.69 Å². The van der Waals surface area contributed by atoms with Gasteiger partial charge in [-0.25, -0.2) is 0 Å². The van der Waals surface area contributed by atoms with Crippen LogP contribution in [-0.4, -0.2) is 67.1 Å². The summed E-state index contributed by atoms with van der Waals surface area (Å²) in [6.07, 6.45) is 1.69. The standard InChI is InChI=1S/C26H30ClN5O2/c1-30-23-7-6-18(16-22(23)21-8-10-29-26(34)24(21)30)25(33)28-9-3-11-31-12-14-32(15-13-31)20-5-2-4-19(27)17-20/h2,4-7,16-17H,3,8-15H2,1H3,(H,28,33)(H,29,34). The smallest absolute Gasteiger partial charge is 0.268 e. The molecule has 1 aromatic heterocycles. The number of aryl methyl sites for hydroxylation is 1. The molecule has 178 valence electrons. The van der Waals surface area contributed by atoms with Crippen LogP contribution in [0.4, 0.5) is 5.69 Å². The average Bonchev–Trinajstić information content (AvgIpc) is 3.14.